The van der Waals surface area contributed by atoms with E-state index in [0.29, 0.717) is 11.8 Å². The van der Waals surface area contributed by atoms with Gasteiger partial charge in [-0.25, -0.2) is 0 Å². The van der Waals surface area contributed by atoms with Gasteiger partial charge in [-0.1, -0.05) is 43.6 Å². The molecule has 82 valence electrons. The molecule has 0 saturated heterocycles. The Bertz CT molecular complexity index is 361. The van der Waals surface area contributed by atoms with E-state index < -0.39 is 0 Å². The SMILES string of the molecule is CC(C)C1CC1(N)Cc1ccccc1Cl. The molecule has 0 aliphatic heterocycles. The third-order valence-corrected chi connectivity index (χ3v) is 3.83. The fourth-order valence-corrected chi connectivity index (χ4v) is 2.65. The zero-order valence-corrected chi connectivity index (χ0v) is 10.1. The van der Waals surface area contributed by atoms with Gasteiger partial charge in [0.2, 0.25) is 0 Å². The second-order valence-electron chi connectivity index (χ2n) is 5.06. The Hall–Kier alpha value is -0.530. The van der Waals surface area contributed by atoms with E-state index in [4.69, 9.17) is 17.3 Å². The average Bonchev–Trinajstić information content (AvgIpc) is 2.83. The highest BCUT2D eigenvalue weighted by Crippen LogP contribution is 2.48. The first-order chi connectivity index (χ1) is 7.03. The summed E-state index contributed by atoms with van der Waals surface area (Å²) >= 11 is 6.13. The van der Waals surface area contributed by atoms with Crippen LogP contribution in [0.4, 0.5) is 0 Å². The molecule has 1 aromatic carbocycles. The van der Waals surface area contributed by atoms with Crippen LogP contribution in [0.3, 0.4) is 0 Å². The molecule has 2 N–H and O–H groups in total. The van der Waals surface area contributed by atoms with Crippen LogP contribution in [0.2, 0.25) is 5.02 Å². The third kappa shape index (κ3) is 2.19. The molecule has 1 aromatic rings. The average molecular weight is 224 g/mol. The molecule has 15 heavy (non-hydrogen) atoms. The molecular weight excluding hydrogens is 206 g/mol. The molecule has 0 spiro atoms. The standard InChI is InChI=1S/C13H18ClN/c1-9(2)11-8-13(11,15)7-10-5-3-4-6-12(10)14/h3-6,9,11H,7-8,15H2,1-2H3. The van der Waals surface area contributed by atoms with E-state index in [9.17, 15) is 0 Å². The van der Waals surface area contributed by atoms with E-state index in [-0.39, 0.29) is 5.54 Å². The van der Waals surface area contributed by atoms with Gasteiger partial charge in [0.25, 0.3) is 0 Å². The molecule has 0 heterocycles. The van der Waals surface area contributed by atoms with Gasteiger partial charge in [0.15, 0.2) is 0 Å². The van der Waals surface area contributed by atoms with Gasteiger partial charge in [-0.2, -0.15) is 0 Å². The van der Waals surface area contributed by atoms with Gasteiger partial charge in [0.1, 0.15) is 0 Å². The topological polar surface area (TPSA) is 26.0 Å². The van der Waals surface area contributed by atoms with Crippen LogP contribution in [-0.4, -0.2) is 5.54 Å². The Kier molecular flexibility index (Phi) is 2.78. The lowest BCUT2D eigenvalue weighted by Gasteiger charge is -2.14. The molecule has 1 fully saturated rings. The molecule has 1 nitrogen and oxygen atoms in total. The van der Waals surface area contributed by atoms with Crippen LogP contribution in [0, 0.1) is 11.8 Å². The predicted molar refractivity (Wildman–Crippen MR) is 65.0 cm³/mol. The van der Waals surface area contributed by atoms with Crippen molar-refractivity contribution in [1.82, 2.24) is 0 Å². The molecule has 0 aromatic heterocycles. The van der Waals surface area contributed by atoms with Gasteiger partial charge >= 0.3 is 0 Å². The minimum Gasteiger partial charge on any atom is -0.325 e. The van der Waals surface area contributed by atoms with Crippen molar-refractivity contribution in [2.45, 2.75) is 32.2 Å². The summed E-state index contributed by atoms with van der Waals surface area (Å²) in [5, 5.41) is 0.844. The molecule has 0 radical (unpaired) electrons. The highest BCUT2D eigenvalue weighted by atomic mass is 35.5. The zero-order valence-electron chi connectivity index (χ0n) is 9.33. The maximum Gasteiger partial charge on any atom is 0.0438 e. The van der Waals surface area contributed by atoms with Gasteiger partial charge in [-0.05, 0) is 36.3 Å². The number of hydrogen-bond donors (Lipinski definition) is 1. The van der Waals surface area contributed by atoms with Crippen molar-refractivity contribution in [3.63, 3.8) is 0 Å². The lowest BCUT2D eigenvalue weighted by Crippen LogP contribution is -2.29. The number of benzene rings is 1. The second kappa shape index (κ2) is 3.80. The van der Waals surface area contributed by atoms with Gasteiger partial charge in [-0.15, -0.1) is 0 Å². The van der Waals surface area contributed by atoms with E-state index >= 15 is 0 Å². The molecule has 2 atom stereocenters. The maximum absolute atomic E-state index is 6.33. The van der Waals surface area contributed by atoms with Crippen LogP contribution in [0.25, 0.3) is 0 Å². The molecule has 1 aliphatic carbocycles. The van der Waals surface area contributed by atoms with Crippen molar-refractivity contribution in [2.75, 3.05) is 0 Å². The van der Waals surface area contributed by atoms with Crippen LogP contribution in [0.1, 0.15) is 25.8 Å². The van der Waals surface area contributed by atoms with Gasteiger partial charge < -0.3 is 5.73 Å². The lowest BCUT2D eigenvalue weighted by molar-refractivity contribution is 0.475. The Labute approximate surface area is 96.6 Å². The summed E-state index contributed by atoms with van der Waals surface area (Å²) < 4.78 is 0. The van der Waals surface area contributed by atoms with Crippen LogP contribution >= 0.6 is 11.6 Å². The normalized spacial score (nSPS) is 29.5. The van der Waals surface area contributed by atoms with Crippen LogP contribution in [-0.2, 0) is 6.42 Å². The van der Waals surface area contributed by atoms with Crippen molar-refractivity contribution in [3.8, 4) is 0 Å². The van der Waals surface area contributed by atoms with Crippen LogP contribution in [0.15, 0.2) is 24.3 Å². The van der Waals surface area contributed by atoms with Crippen LogP contribution in [0.5, 0.6) is 0 Å². The highest BCUT2D eigenvalue weighted by Gasteiger charge is 2.51. The fourth-order valence-electron chi connectivity index (χ4n) is 2.45. The van der Waals surface area contributed by atoms with Gasteiger partial charge in [0.05, 0.1) is 0 Å². The Balaban J connectivity index is 2.08. The number of halogens is 1. The zero-order chi connectivity index (χ0) is 11.1. The minimum atomic E-state index is -0.000833. The quantitative estimate of drug-likeness (QED) is 0.837. The maximum atomic E-state index is 6.33. The minimum absolute atomic E-state index is 0.000833. The molecule has 1 saturated carbocycles. The summed E-state index contributed by atoms with van der Waals surface area (Å²) in [6.07, 6.45) is 2.05. The summed E-state index contributed by atoms with van der Waals surface area (Å²) in [4.78, 5) is 0. The van der Waals surface area contributed by atoms with E-state index in [2.05, 4.69) is 19.9 Å². The molecule has 1 aliphatic rings. The molecule has 2 heteroatoms. The molecule has 0 bridgehead atoms. The van der Waals surface area contributed by atoms with Crippen molar-refractivity contribution in [2.24, 2.45) is 17.6 Å². The van der Waals surface area contributed by atoms with E-state index in [1.165, 1.54) is 5.56 Å². The first-order valence-electron chi connectivity index (χ1n) is 5.55. The van der Waals surface area contributed by atoms with Crippen molar-refractivity contribution >= 4 is 11.6 Å². The van der Waals surface area contributed by atoms with E-state index in [0.717, 1.165) is 17.9 Å². The molecule has 2 rings (SSSR count). The first-order valence-corrected chi connectivity index (χ1v) is 5.93. The summed E-state index contributed by atoms with van der Waals surface area (Å²) in [5.74, 6) is 1.34. The van der Waals surface area contributed by atoms with E-state index in [1.54, 1.807) is 0 Å². The van der Waals surface area contributed by atoms with Crippen molar-refractivity contribution < 1.29 is 0 Å². The Morgan fingerprint density at radius 1 is 1.47 bits per heavy atom. The molecule has 2 unspecified atom stereocenters. The summed E-state index contributed by atoms with van der Waals surface area (Å²) in [6, 6.07) is 8.00. The van der Waals surface area contributed by atoms with Gasteiger partial charge in [-0.3, -0.25) is 0 Å². The monoisotopic (exact) mass is 223 g/mol. The predicted octanol–water partition coefficient (Wildman–Crippen LogP) is 3.26. The van der Waals surface area contributed by atoms with Crippen molar-refractivity contribution in [1.29, 1.82) is 0 Å². The summed E-state index contributed by atoms with van der Waals surface area (Å²) in [5.41, 5.74) is 7.52. The molecule has 0 amide bonds. The third-order valence-electron chi connectivity index (χ3n) is 3.46. The molecular formula is C13H18ClN. The van der Waals surface area contributed by atoms with E-state index in [1.807, 2.05) is 18.2 Å². The van der Waals surface area contributed by atoms with Crippen molar-refractivity contribution in [3.05, 3.63) is 34.9 Å². The fraction of sp³-hybridized carbons (Fsp3) is 0.538. The van der Waals surface area contributed by atoms with Crippen LogP contribution < -0.4 is 5.73 Å². The lowest BCUT2D eigenvalue weighted by atomic mass is 9.98. The van der Waals surface area contributed by atoms with Gasteiger partial charge in [0, 0.05) is 10.6 Å². The number of hydrogen-bond acceptors (Lipinski definition) is 1. The largest absolute Gasteiger partial charge is 0.325 e. The first kappa shape index (κ1) is 11.0. The Morgan fingerprint density at radius 2 is 2.13 bits per heavy atom. The summed E-state index contributed by atoms with van der Waals surface area (Å²) in [7, 11) is 0. The Morgan fingerprint density at radius 3 is 2.67 bits per heavy atom. The summed E-state index contributed by atoms with van der Waals surface area (Å²) in [6.45, 7) is 4.48. The number of rotatable bonds is 3. The smallest absolute Gasteiger partial charge is 0.0438 e. The second-order valence-corrected chi connectivity index (χ2v) is 5.46. The highest BCUT2D eigenvalue weighted by molar-refractivity contribution is 6.31. The number of nitrogens with two attached hydrogens (primary N) is 1.